The van der Waals surface area contributed by atoms with Gasteiger partial charge in [-0.15, -0.1) is 11.8 Å². The summed E-state index contributed by atoms with van der Waals surface area (Å²) in [6.07, 6.45) is 0. The van der Waals surface area contributed by atoms with E-state index < -0.39 is 10.8 Å². The van der Waals surface area contributed by atoms with Crippen molar-refractivity contribution in [3.8, 4) is 5.75 Å². The highest BCUT2D eigenvalue weighted by molar-refractivity contribution is 8.00. The number of thioether (sulfide) groups is 1. The zero-order valence-electron chi connectivity index (χ0n) is 16.8. The van der Waals surface area contributed by atoms with Crippen LogP contribution in [0.15, 0.2) is 71.6 Å². The standard InChI is InChI=1S/C22H18ClN3O5S/c1-31-20-9-8-15(23)11-19(20)25-21(27)13-32-18-7-3-5-16(12-18)24-22(28)14-4-2-6-17(10-14)26(29)30/h2-12H,13H2,1H3,(H,24,28)(H,25,27). The van der Waals surface area contributed by atoms with Crippen LogP contribution >= 0.6 is 23.4 Å². The Labute approximate surface area is 193 Å². The molecule has 0 bridgehead atoms. The first kappa shape index (κ1) is 23.1. The van der Waals surface area contributed by atoms with E-state index in [-0.39, 0.29) is 22.9 Å². The summed E-state index contributed by atoms with van der Waals surface area (Å²) in [4.78, 5) is 35.9. The molecule has 0 aromatic heterocycles. The number of rotatable bonds is 8. The second-order valence-corrected chi connectivity index (χ2v) is 7.96. The molecule has 0 aliphatic carbocycles. The number of halogens is 1. The summed E-state index contributed by atoms with van der Waals surface area (Å²) in [5, 5.41) is 16.8. The van der Waals surface area contributed by atoms with Crippen LogP contribution in [0.5, 0.6) is 5.75 Å². The molecule has 2 amide bonds. The number of anilines is 2. The van der Waals surface area contributed by atoms with Crippen LogP contribution in [0.25, 0.3) is 0 Å². The molecule has 10 heteroatoms. The molecule has 0 spiro atoms. The highest BCUT2D eigenvalue weighted by Gasteiger charge is 2.13. The van der Waals surface area contributed by atoms with Crippen LogP contribution in [0, 0.1) is 10.1 Å². The Morgan fingerprint density at radius 2 is 1.84 bits per heavy atom. The first-order valence-electron chi connectivity index (χ1n) is 9.28. The Kier molecular flexibility index (Phi) is 7.69. The molecule has 3 aromatic carbocycles. The van der Waals surface area contributed by atoms with Gasteiger partial charge in [0.15, 0.2) is 0 Å². The summed E-state index contributed by atoms with van der Waals surface area (Å²) < 4.78 is 5.22. The van der Waals surface area contributed by atoms with Gasteiger partial charge in [0.1, 0.15) is 5.75 Å². The zero-order valence-corrected chi connectivity index (χ0v) is 18.4. The lowest BCUT2D eigenvalue weighted by atomic mass is 10.2. The minimum absolute atomic E-state index is 0.123. The Hall–Kier alpha value is -3.56. The van der Waals surface area contributed by atoms with Gasteiger partial charge in [-0.1, -0.05) is 23.7 Å². The van der Waals surface area contributed by atoms with Crippen molar-refractivity contribution in [2.24, 2.45) is 0 Å². The van der Waals surface area contributed by atoms with Crippen molar-refractivity contribution in [3.63, 3.8) is 0 Å². The van der Waals surface area contributed by atoms with Crippen molar-refractivity contribution in [1.82, 2.24) is 0 Å². The fourth-order valence-corrected chi connectivity index (χ4v) is 3.67. The third-order valence-corrected chi connectivity index (χ3v) is 5.45. The number of carbonyl (C=O) groups is 2. The minimum atomic E-state index is -0.557. The number of amides is 2. The molecule has 0 heterocycles. The van der Waals surface area contributed by atoms with Crippen molar-refractivity contribution < 1.29 is 19.2 Å². The van der Waals surface area contributed by atoms with Crippen molar-refractivity contribution >= 4 is 52.2 Å². The molecule has 2 N–H and O–H groups in total. The van der Waals surface area contributed by atoms with Crippen LogP contribution < -0.4 is 15.4 Å². The van der Waals surface area contributed by atoms with Gasteiger partial charge in [-0.05, 0) is 42.5 Å². The van der Waals surface area contributed by atoms with E-state index in [9.17, 15) is 19.7 Å². The maximum atomic E-state index is 12.4. The third-order valence-electron chi connectivity index (χ3n) is 4.22. The maximum Gasteiger partial charge on any atom is 0.270 e. The van der Waals surface area contributed by atoms with Crippen molar-refractivity contribution in [1.29, 1.82) is 0 Å². The summed E-state index contributed by atoms with van der Waals surface area (Å²) in [7, 11) is 1.50. The summed E-state index contributed by atoms with van der Waals surface area (Å²) in [5.41, 5.74) is 0.989. The predicted octanol–water partition coefficient (Wildman–Crippen LogP) is 5.24. The second-order valence-electron chi connectivity index (χ2n) is 6.47. The zero-order chi connectivity index (χ0) is 23.1. The number of nitrogens with zero attached hydrogens (tertiary/aromatic N) is 1. The van der Waals surface area contributed by atoms with E-state index >= 15 is 0 Å². The number of ether oxygens (including phenoxy) is 1. The highest BCUT2D eigenvalue weighted by atomic mass is 35.5. The van der Waals surface area contributed by atoms with Crippen molar-refractivity contribution in [2.45, 2.75) is 4.90 Å². The molecule has 0 saturated carbocycles. The molecule has 0 aliphatic rings. The number of hydrogen-bond donors (Lipinski definition) is 2. The molecule has 0 aliphatic heterocycles. The number of nitro groups is 1. The average Bonchev–Trinajstić information content (AvgIpc) is 2.78. The van der Waals surface area contributed by atoms with Gasteiger partial charge in [0.2, 0.25) is 5.91 Å². The lowest BCUT2D eigenvalue weighted by molar-refractivity contribution is -0.384. The monoisotopic (exact) mass is 471 g/mol. The molecule has 8 nitrogen and oxygen atoms in total. The van der Waals surface area contributed by atoms with Crippen molar-refractivity contribution in [2.75, 3.05) is 23.5 Å². The van der Waals surface area contributed by atoms with E-state index in [0.29, 0.717) is 22.1 Å². The molecular weight excluding hydrogens is 454 g/mol. The lowest BCUT2D eigenvalue weighted by Gasteiger charge is -2.11. The Balaban J connectivity index is 1.61. The van der Waals surface area contributed by atoms with Crippen LogP contribution in [0.2, 0.25) is 5.02 Å². The number of non-ortho nitro benzene ring substituents is 1. The van der Waals surface area contributed by atoms with Crippen LogP contribution in [-0.4, -0.2) is 29.6 Å². The van der Waals surface area contributed by atoms with Crippen LogP contribution in [-0.2, 0) is 4.79 Å². The maximum absolute atomic E-state index is 12.4. The molecule has 0 radical (unpaired) electrons. The summed E-state index contributed by atoms with van der Waals surface area (Å²) >= 11 is 7.26. The van der Waals surface area contributed by atoms with Gasteiger partial charge in [0, 0.05) is 33.3 Å². The van der Waals surface area contributed by atoms with E-state index in [1.165, 1.54) is 43.1 Å². The largest absolute Gasteiger partial charge is 0.495 e. The van der Waals surface area contributed by atoms with Gasteiger partial charge < -0.3 is 15.4 Å². The molecule has 164 valence electrons. The van der Waals surface area contributed by atoms with E-state index in [1.807, 2.05) is 0 Å². The van der Waals surface area contributed by atoms with Gasteiger partial charge in [-0.3, -0.25) is 19.7 Å². The fourth-order valence-electron chi connectivity index (χ4n) is 2.74. The van der Waals surface area contributed by atoms with E-state index in [2.05, 4.69) is 10.6 Å². The molecule has 0 atom stereocenters. The number of hydrogen-bond acceptors (Lipinski definition) is 6. The molecule has 32 heavy (non-hydrogen) atoms. The van der Waals surface area contributed by atoms with E-state index in [0.717, 1.165) is 4.90 Å². The molecule has 0 fully saturated rings. The summed E-state index contributed by atoms with van der Waals surface area (Å²) in [6.45, 7) is 0. The van der Waals surface area contributed by atoms with Gasteiger partial charge in [-0.2, -0.15) is 0 Å². The van der Waals surface area contributed by atoms with Crippen molar-refractivity contribution in [3.05, 3.63) is 87.4 Å². The van der Waals surface area contributed by atoms with Gasteiger partial charge in [0.05, 0.1) is 23.5 Å². The number of benzene rings is 3. The Morgan fingerprint density at radius 3 is 2.59 bits per heavy atom. The Bertz CT molecular complexity index is 1170. The first-order valence-corrected chi connectivity index (χ1v) is 10.6. The quantitative estimate of drug-likeness (QED) is 0.264. The SMILES string of the molecule is COc1ccc(Cl)cc1NC(=O)CSc1cccc(NC(=O)c2cccc([N+](=O)[O-])c2)c1. The second kappa shape index (κ2) is 10.7. The molecule has 3 aromatic rings. The van der Waals surface area contributed by atoms with Crippen LogP contribution in [0.4, 0.5) is 17.1 Å². The van der Waals surface area contributed by atoms with Gasteiger partial charge >= 0.3 is 0 Å². The molecule has 3 rings (SSSR count). The smallest absolute Gasteiger partial charge is 0.270 e. The normalized spacial score (nSPS) is 10.3. The van der Waals surface area contributed by atoms with Crippen LogP contribution in [0.1, 0.15) is 10.4 Å². The van der Waals surface area contributed by atoms with Crippen LogP contribution in [0.3, 0.4) is 0 Å². The third kappa shape index (κ3) is 6.22. The van der Waals surface area contributed by atoms with Gasteiger partial charge in [0.25, 0.3) is 11.6 Å². The highest BCUT2D eigenvalue weighted by Crippen LogP contribution is 2.28. The lowest BCUT2D eigenvalue weighted by Crippen LogP contribution is -2.15. The minimum Gasteiger partial charge on any atom is -0.495 e. The number of nitro benzene ring substituents is 1. The van der Waals surface area contributed by atoms with E-state index in [4.69, 9.17) is 16.3 Å². The topological polar surface area (TPSA) is 111 Å². The van der Waals surface area contributed by atoms with E-state index in [1.54, 1.807) is 42.5 Å². The first-order chi connectivity index (χ1) is 15.4. The fraction of sp³-hybridized carbons (Fsp3) is 0.0909. The summed E-state index contributed by atoms with van der Waals surface area (Å²) in [6, 6.07) is 17.4. The summed E-state index contributed by atoms with van der Waals surface area (Å²) in [5.74, 6) is -0.0975. The van der Waals surface area contributed by atoms with Gasteiger partial charge in [-0.25, -0.2) is 0 Å². The Morgan fingerprint density at radius 1 is 1.06 bits per heavy atom. The molecule has 0 unspecified atom stereocenters. The molecular formula is C22H18ClN3O5S. The number of nitrogens with one attached hydrogen (secondary N) is 2. The number of methoxy groups -OCH3 is 1. The number of carbonyl (C=O) groups excluding carboxylic acids is 2. The predicted molar refractivity (Wildman–Crippen MR) is 125 cm³/mol. The average molecular weight is 472 g/mol. The molecule has 0 saturated heterocycles.